The van der Waals surface area contributed by atoms with Gasteiger partial charge in [-0.1, -0.05) is 41.1 Å². The first-order valence-electron chi connectivity index (χ1n) is 11.8. The van der Waals surface area contributed by atoms with Gasteiger partial charge in [0.25, 0.3) is 11.5 Å². The summed E-state index contributed by atoms with van der Waals surface area (Å²) in [6.45, 7) is 1.61. The number of carbonyl (C=O) groups excluding carboxylic acids is 2. The molecular weight excluding hydrogens is 546 g/mol. The van der Waals surface area contributed by atoms with Gasteiger partial charge in [0.2, 0.25) is 0 Å². The number of rotatable bonds is 10. The summed E-state index contributed by atoms with van der Waals surface area (Å²) in [4.78, 5) is 43.4. The molecule has 39 heavy (non-hydrogen) atoms. The number of halogens is 1. The maximum Gasteiger partial charge on any atom is 0.338 e. The van der Waals surface area contributed by atoms with Crippen molar-refractivity contribution < 1.29 is 28.5 Å². The largest absolute Gasteiger partial charge is 0.496 e. The van der Waals surface area contributed by atoms with Crippen LogP contribution in [0.5, 0.6) is 11.5 Å². The number of allylic oxidation sites excluding steroid dienone is 1. The Bertz CT molecular complexity index is 1630. The van der Waals surface area contributed by atoms with Crippen LogP contribution in [-0.2, 0) is 19.1 Å². The number of hydrogen-bond donors (Lipinski definition) is 1. The molecule has 0 spiro atoms. The van der Waals surface area contributed by atoms with Crippen LogP contribution in [-0.4, -0.2) is 50.5 Å². The van der Waals surface area contributed by atoms with Gasteiger partial charge in [-0.25, -0.2) is 9.79 Å². The molecule has 12 heteroatoms. The fourth-order valence-corrected chi connectivity index (χ4v) is 5.34. The van der Waals surface area contributed by atoms with E-state index >= 15 is 0 Å². The van der Waals surface area contributed by atoms with Crippen molar-refractivity contribution in [3.8, 4) is 11.5 Å². The lowest BCUT2D eigenvalue weighted by molar-refractivity contribution is -0.140. The zero-order valence-corrected chi connectivity index (χ0v) is 23.0. The summed E-state index contributed by atoms with van der Waals surface area (Å²) in [5.41, 5.74) is 6.51. The normalized spacial score (nSPS) is 15.0. The number of primary amides is 1. The van der Waals surface area contributed by atoms with Crippen LogP contribution in [0.2, 0.25) is 5.02 Å². The topological polar surface area (TPSA) is 131 Å². The molecule has 1 atom stereocenters. The minimum Gasteiger partial charge on any atom is -0.496 e. The van der Waals surface area contributed by atoms with Crippen molar-refractivity contribution in [3.63, 3.8) is 0 Å². The standard InChI is InChI=1S/C27H26ClN3O7S/c1-15-23(26(34)37-11-10-35-2)24(18-6-4-5-7-20(18)36-3)31-25(33)21(39-27(31)30-15)13-16-12-17(28)8-9-19(16)38-14-22(29)32/h4-9,12-13,24H,10-11,14H2,1-3H3,(H2,29,32). The van der Waals surface area contributed by atoms with Crippen molar-refractivity contribution in [2.45, 2.75) is 13.0 Å². The van der Waals surface area contributed by atoms with Crippen molar-refractivity contribution in [1.82, 2.24) is 4.57 Å². The average Bonchev–Trinajstić information content (AvgIpc) is 3.21. The predicted molar refractivity (Wildman–Crippen MR) is 146 cm³/mol. The van der Waals surface area contributed by atoms with Crippen molar-refractivity contribution in [3.05, 3.63) is 89.6 Å². The van der Waals surface area contributed by atoms with Crippen molar-refractivity contribution in [1.29, 1.82) is 0 Å². The van der Waals surface area contributed by atoms with Gasteiger partial charge in [0.05, 0.1) is 29.5 Å². The third kappa shape index (κ3) is 6.06. The number of aromatic nitrogens is 1. The molecule has 0 fully saturated rings. The SMILES string of the molecule is COCCOC(=O)C1=C(C)N=c2sc(=Cc3cc(Cl)ccc3OCC(N)=O)c(=O)n2C1c1ccccc1OC. The smallest absolute Gasteiger partial charge is 0.338 e. The first-order chi connectivity index (χ1) is 18.7. The van der Waals surface area contributed by atoms with Crippen LogP contribution >= 0.6 is 22.9 Å². The molecule has 2 N–H and O–H groups in total. The van der Waals surface area contributed by atoms with Crippen molar-refractivity contribution in [2.24, 2.45) is 10.7 Å². The van der Waals surface area contributed by atoms with Gasteiger partial charge in [-0.3, -0.25) is 14.2 Å². The highest BCUT2D eigenvalue weighted by Gasteiger charge is 2.35. The van der Waals surface area contributed by atoms with E-state index in [0.29, 0.717) is 42.7 Å². The summed E-state index contributed by atoms with van der Waals surface area (Å²) in [6.07, 6.45) is 1.60. The minimum atomic E-state index is -0.862. The number of benzene rings is 2. The highest BCUT2D eigenvalue weighted by atomic mass is 35.5. The first-order valence-corrected chi connectivity index (χ1v) is 13.0. The monoisotopic (exact) mass is 571 g/mol. The highest BCUT2D eigenvalue weighted by molar-refractivity contribution is 7.07. The molecule has 0 saturated heterocycles. The van der Waals surface area contributed by atoms with Gasteiger partial charge in [0.1, 0.15) is 24.1 Å². The fraction of sp³-hybridized carbons (Fsp3) is 0.259. The predicted octanol–water partition coefficient (Wildman–Crippen LogP) is 1.95. The van der Waals surface area contributed by atoms with Crippen LogP contribution in [0, 0.1) is 0 Å². The summed E-state index contributed by atoms with van der Waals surface area (Å²) >= 11 is 7.34. The third-order valence-corrected chi connectivity index (χ3v) is 7.04. The summed E-state index contributed by atoms with van der Waals surface area (Å²) in [5.74, 6) is -0.446. The van der Waals surface area contributed by atoms with Crippen LogP contribution in [0.3, 0.4) is 0 Å². The number of hydrogen-bond acceptors (Lipinski definition) is 9. The number of methoxy groups -OCH3 is 2. The zero-order chi connectivity index (χ0) is 28.1. The highest BCUT2D eigenvalue weighted by Crippen LogP contribution is 2.35. The Morgan fingerprint density at radius 3 is 2.64 bits per heavy atom. The van der Waals surface area contributed by atoms with Gasteiger partial charge in [-0.05, 0) is 37.3 Å². The van der Waals surface area contributed by atoms with E-state index in [1.165, 1.54) is 18.8 Å². The van der Waals surface area contributed by atoms with E-state index in [9.17, 15) is 14.4 Å². The molecule has 0 bridgehead atoms. The number of amides is 1. The summed E-state index contributed by atoms with van der Waals surface area (Å²) in [6, 6.07) is 11.1. The number of ether oxygens (including phenoxy) is 4. The summed E-state index contributed by atoms with van der Waals surface area (Å²) in [5, 5.41) is 0.407. The Morgan fingerprint density at radius 1 is 1.15 bits per heavy atom. The number of para-hydroxylation sites is 1. The Morgan fingerprint density at radius 2 is 1.92 bits per heavy atom. The van der Waals surface area contributed by atoms with Crippen LogP contribution in [0.4, 0.5) is 0 Å². The Kier molecular flexibility index (Phi) is 8.85. The molecule has 204 valence electrons. The molecule has 10 nitrogen and oxygen atoms in total. The van der Waals surface area contributed by atoms with E-state index in [2.05, 4.69) is 4.99 Å². The quantitative estimate of drug-likeness (QED) is 0.291. The van der Waals surface area contributed by atoms with E-state index in [0.717, 1.165) is 11.3 Å². The molecule has 1 amide bonds. The maximum atomic E-state index is 13.9. The van der Waals surface area contributed by atoms with Gasteiger partial charge >= 0.3 is 5.97 Å². The van der Waals surface area contributed by atoms with Gasteiger partial charge < -0.3 is 24.7 Å². The Labute approximate surface area is 232 Å². The molecule has 3 aromatic rings. The lowest BCUT2D eigenvalue weighted by atomic mass is 9.95. The molecule has 1 aliphatic rings. The lowest BCUT2D eigenvalue weighted by Gasteiger charge is -2.26. The number of fused-ring (bicyclic) bond motifs is 1. The van der Waals surface area contributed by atoms with Crippen LogP contribution in [0.1, 0.15) is 24.1 Å². The molecule has 1 unspecified atom stereocenters. The second kappa shape index (κ2) is 12.3. The van der Waals surface area contributed by atoms with E-state index in [-0.39, 0.29) is 25.4 Å². The van der Waals surface area contributed by atoms with E-state index in [1.54, 1.807) is 55.5 Å². The molecule has 2 aromatic carbocycles. The van der Waals surface area contributed by atoms with E-state index < -0.39 is 23.5 Å². The fourth-order valence-electron chi connectivity index (χ4n) is 4.12. The molecular formula is C27H26ClN3O7S. The Balaban J connectivity index is 1.91. The first kappa shape index (κ1) is 28.1. The molecule has 4 rings (SSSR count). The van der Waals surface area contributed by atoms with Crippen LogP contribution < -0.4 is 30.1 Å². The summed E-state index contributed by atoms with van der Waals surface area (Å²) < 4.78 is 23.3. The van der Waals surface area contributed by atoms with Gasteiger partial charge in [-0.15, -0.1) is 0 Å². The Hall–Kier alpha value is -3.93. The molecule has 2 heterocycles. The molecule has 1 aromatic heterocycles. The molecule has 0 saturated carbocycles. The van der Waals surface area contributed by atoms with Gasteiger partial charge in [0.15, 0.2) is 11.4 Å². The number of nitrogens with two attached hydrogens (primary N) is 1. The van der Waals surface area contributed by atoms with Crippen molar-refractivity contribution >= 4 is 40.9 Å². The van der Waals surface area contributed by atoms with Crippen LogP contribution in [0.25, 0.3) is 6.08 Å². The second-order valence-corrected chi connectivity index (χ2v) is 9.84. The van der Waals surface area contributed by atoms with Crippen LogP contribution in [0.15, 0.2) is 63.5 Å². The molecule has 0 radical (unpaired) electrons. The average molecular weight is 572 g/mol. The third-order valence-electron chi connectivity index (χ3n) is 5.82. The van der Waals surface area contributed by atoms with Gasteiger partial charge in [-0.2, -0.15) is 0 Å². The number of thiazole rings is 1. The minimum absolute atomic E-state index is 0.0397. The number of esters is 1. The number of nitrogens with zero attached hydrogens (tertiary/aromatic N) is 2. The molecule has 1 aliphatic heterocycles. The zero-order valence-electron chi connectivity index (χ0n) is 21.4. The van der Waals surface area contributed by atoms with E-state index in [1.807, 2.05) is 0 Å². The van der Waals surface area contributed by atoms with Gasteiger partial charge in [0, 0.05) is 23.3 Å². The van der Waals surface area contributed by atoms with E-state index in [4.69, 9.17) is 36.3 Å². The molecule has 0 aliphatic carbocycles. The summed E-state index contributed by atoms with van der Waals surface area (Å²) in [7, 11) is 3.02. The number of carbonyl (C=O) groups is 2. The van der Waals surface area contributed by atoms with Crippen molar-refractivity contribution in [2.75, 3.05) is 34.0 Å². The maximum absolute atomic E-state index is 13.9. The second-order valence-electron chi connectivity index (χ2n) is 8.39. The lowest BCUT2D eigenvalue weighted by Crippen LogP contribution is -2.40.